The molecule has 1 fully saturated rings. The maximum atomic E-state index is 11.1. The number of nitrogens with zero attached hydrogens (tertiary/aromatic N) is 1. The first-order valence-corrected chi connectivity index (χ1v) is 7.21. The van der Waals surface area contributed by atoms with Gasteiger partial charge >= 0.3 is 5.97 Å². The zero-order chi connectivity index (χ0) is 14.8. The number of benzene rings is 1. The third-order valence-electron chi connectivity index (χ3n) is 4.32. The van der Waals surface area contributed by atoms with Gasteiger partial charge in [0.1, 0.15) is 5.54 Å². The summed E-state index contributed by atoms with van der Waals surface area (Å²) < 4.78 is 0. The lowest BCUT2D eigenvalue weighted by Crippen LogP contribution is -2.49. The summed E-state index contributed by atoms with van der Waals surface area (Å²) in [7, 11) is 0. The molecule has 3 atom stereocenters. The van der Waals surface area contributed by atoms with Crippen LogP contribution in [0, 0.1) is 0 Å². The van der Waals surface area contributed by atoms with E-state index < -0.39 is 11.5 Å². The summed E-state index contributed by atoms with van der Waals surface area (Å²) in [6.45, 7) is 5.66. The molecule has 0 spiro atoms. The molecular formula is C16H24N2O2. The highest BCUT2D eigenvalue weighted by Gasteiger charge is 2.34. The van der Waals surface area contributed by atoms with E-state index in [1.165, 1.54) is 5.56 Å². The molecule has 20 heavy (non-hydrogen) atoms. The summed E-state index contributed by atoms with van der Waals surface area (Å²) in [4.78, 5) is 13.5. The molecule has 110 valence electrons. The first kappa shape index (κ1) is 15.0. The normalized spacial score (nSPS) is 24.2. The minimum absolute atomic E-state index is 0.190. The summed E-state index contributed by atoms with van der Waals surface area (Å²) in [5, 5.41) is 9.12. The molecule has 3 N–H and O–H groups in total. The van der Waals surface area contributed by atoms with Crippen LogP contribution >= 0.6 is 0 Å². The Morgan fingerprint density at radius 3 is 2.75 bits per heavy atom. The third-order valence-corrected chi connectivity index (χ3v) is 4.32. The lowest BCUT2D eigenvalue weighted by atomic mass is 9.94. The van der Waals surface area contributed by atoms with Crippen molar-refractivity contribution in [3.63, 3.8) is 0 Å². The fraction of sp³-hybridized carbons (Fsp3) is 0.562. The van der Waals surface area contributed by atoms with E-state index in [1.54, 1.807) is 6.92 Å². The molecule has 4 heteroatoms. The topological polar surface area (TPSA) is 66.6 Å². The van der Waals surface area contributed by atoms with Crippen LogP contribution in [0.25, 0.3) is 0 Å². The summed E-state index contributed by atoms with van der Waals surface area (Å²) >= 11 is 0. The first-order valence-electron chi connectivity index (χ1n) is 7.21. The minimum Gasteiger partial charge on any atom is -0.480 e. The van der Waals surface area contributed by atoms with Gasteiger partial charge < -0.3 is 10.8 Å². The number of carboxylic acids is 1. The monoisotopic (exact) mass is 276 g/mol. The number of aliphatic carboxylic acids is 1. The minimum atomic E-state index is -1.15. The highest BCUT2D eigenvalue weighted by molar-refractivity contribution is 5.77. The molecule has 1 aliphatic rings. The highest BCUT2D eigenvalue weighted by Crippen LogP contribution is 2.29. The van der Waals surface area contributed by atoms with Gasteiger partial charge in [0.25, 0.3) is 0 Å². The summed E-state index contributed by atoms with van der Waals surface area (Å²) in [5.41, 5.74) is 6.07. The van der Waals surface area contributed by atoms with Crippen LogP contribution in [0.15, 0.2) is 30.3 Å². The number of hydrogen-bond donors (Lipinski definition) is 2. The van der Waals surface area contributed by atoms with E-state index in [4.69, 9.17) is 10.8 Å². The molecule has 3 unspecified atom stereocenters. The maximum Gasteiger partial charge on any atom is 0.323 e. The van der Waals surface area contributed by atoms with Gasteiger partial charge in [0, 0.05) is 12.6 Å². The van der Waals surface area contributed by atoms with Gasteiger partial charge in [0.2, 0.25) is 0 Å². The lowest BCUT2D eigenvalue weighted by Gasteiger charge is -2.30. The van der Waals surface area contributed by atoms with Crippen molar-refractivity contribution in [2.45, 2.75) is 44.2 Å². The number of nitrogens with two attached hydrogens (primary N) is 1. The lowest BCUT2D eigenvalue weighted by molar-refractivity contribution is -0.143. The van der Waals surface area contributed by atoms with E-state index >= 15 is 0 Å². The van der Waals surface area contributed by atoms with E-state index in [1.807, 2.05) is 6.07 Å². The maximum absolute atomic E-state index is 11.1. The van der Waals surface area contributed by atoms with Crippen LogP contribution in [0.2, 0.25) is 0 Å². The molecule has 1 aromatic rings. The van der Waals surface area contributed by atoms with Gasteiger partial charge in [-0.2, -0.15) is 0 Å². The van der Waals surface area contributed by atoms with Crippen molar-refractivity contribution in [3.05, 3.63) is 35.9 Å². The molecular weight excluding hydrogens is 252 g/mol. The Kier molecular flexibility index (Phi) is 4.45. The number of hydrogen-bond acceptors (Lipinski definition) is 3. The van der Waals surface area contributed by atoms with Crippen LogP contribution in [-0.4, -0.2) is 40.6 Å². The highest BCUT2D eigenvalue weighted by atomic mass is 16.4. The largest absolute Gasteiger partial charge is 0.480 e. The van der Waals surface area contributed by atoms with Crippen molar-refractivity contribution < 1.29 is 9.90 Å². The number of likely N-dealkylation sites (tertiary alicyclic amines) is 1. The molecule has 1 heterocycles. The SMILES string of the molecule is CC(CC(C)(N)C(=O)O)N1CCC(c2ccccc2)C1. The smallest absolute Gasteiger partial charge is 0.323 e. The van der Waals surface area contributed by atoms with E-state index in [0.29, 0.717) is 12.3 Å². The second kappa shape index (κ2) is 5.94. The van der Waals surface area contributed by atoms with Crippen LogP contribution in [0.3, 0.4) is 0 Å². The van der Waals surface area contributed by atoms with Crippen molar-refractivity contribution >= 4 is 5.97 Å². The second-order valence-electron chi connectivity index (χ2n) is 6.17. The number of carbonyl (C=O) groups is 1. The Morgan fingerprint density at radius 1 is 1.50 bits per heavy atom. The number of rotatable bonds is 5. The fourth-order valence-corrected chi connectivity index (χ4v) is 3.02. The Morgan fingerprint density at radius 2 is 2.15 bits per heavy atom. The van der Waals surface area contributed by atoms with Gasteiger partial charge in [-0.25, -0.2) is 0 Å². The van der Waals surface area contributed by atoms with Crippen molar-refractivity contribution in [3.8, 4) is 0 Å². The molecule has 4 nitrogen and oxygen atoms in total. The van der Waals surface area contributed by atoms with Gasteiger partial charge in [-0.1, -0.05) is 30.3 Å². The van der Waals surface area contributed by atoms with Gasteiger partial charge in [0.15, 0.2) is 0 Å². The van der Waals surface area contributed by atoms with Gasteiger partial charge in [-0.05, 0) is 44.7 Å². The standard InChI is InChI=1S/C16H24N2O2/c1-12(10-16(2,17)15(19)20)18-9-8-14(11-18)13-6-4-3-5-7-13/h3-7,12,14H,8-11,17H2,1-2H3,(H,19,20). The van der Waals surface area contributed by atoms with E-state index in [0.717, 1.165) is 19.5 Å². The molecule has 1 aromatic carbocycles. The van der Waals surface area contributed by atoms with Crippen molar-refractivity contribution in [2.24, 2.45) is 5.73 Å². The van der Waals surface area contributed by atoms with Crippen LogP contribution in [0.5, 0.6) is 0 Å². The zero-order valence-electron chi connectivity index (χ0n) is 12.2. The molecule has 1 aliphatic heterocycles. The van der Waals surface area contributed by atoms with Crippen molar-refractivity contribution in [2.75, 3.05) is 13.1 Å². The predicted octanol–water partition coefficient (Wildman–Crippen LogP) is 2.06. The number of carboxylic acid groups (broad SMARTS) is 1. The molecule has 0 aromatic heterocycles. The molecule has 0 amide bonds. The molecule has 0 aliphatic carbocycles. The average molecular weight is 276 g/mol. The van der Waals surface area contributed by atoms with Crippen molar-refractivity contribution in [1.82, 2.24) is 4.90 Å². The summed E-state index contributed by atoms with van der Waals surface area (Å²) in [6.07, 6.45) is 1.60. The summed E-state index contributed by atoms with van der Waals surface area (Å²) in [6, 6.07) is 10.7. The second-order valence-corrected chi connectivity index (χ2v) is 6.17. The average Bonchev–Trinajstić information content (AvgIpc) is 2.88. The Labute approximate surface area is 120 Å². The zero-order valence-corrected chi connectivity index (χ0v) is 12.2. The molecule has 2 rings (SSSR count). The molecule has 0 radical (unpaired) electrons. The molecule has 1 saturated heterocycles. The van der Waals surface area contributed by atoms with E-state index in [-0.39, 0.29) is 6.04 Å². The third kappa shape index (κ3) is 3.38. The Hall–Kier alpha value is -1.39. The van der Waals surface area contributed by atoms with Crippen LogP contribution in [0.4, 0.5) is 0 Å². The predicted molar refractivity (Wildman–Crippen MR) is 79.7 cm³/mol. The summed E-state index contributed by atoms with van der Waals surface area (Å²) in [5.74, 6) is -0.379. The van der Waals surface area contributed by atoms with Crippen LogP contribution < -0.4 is 5.73 Å². The quantitative estimate of drug-likeness (QED) is 0.864. The Balaban J connectivity index is 1.94. The first-order chi connectivity index (χ1) is 9.40. The van der Waals surface area contributed by atoms with Gasteiger partial charge in [-0.15, -0.1) is 0 Å². The van der Waals surface area contributed by atoms with Gasteiger partial charge in [0.05, 0.1) is 0 Å². The van der Waals surface area contributed by atoms with E-state index in [9.17, 15) is 4.79 Å². The van der Waals surface area contributed by atoms with Gasteiger partial charge in [-0.3, -0.25) is 9.69 Å². The van der Waals surface area contributed by atoms with E-state index in [2.05, 4.69) is 36.1 Å². The van der Waals surface area contributed by atoms with Crippen molar-refractivity contribution in [1.29, 1.82) is 0 Å². The van der Waals surface area contributed by atoms with Crippen LogP contribution in [-0.2, 0) is 4.79 Å². The molecule has 0 saturated carbocycles. The molecule has 0 bridgehead atoms. The Bertz CT molecular complexity index is 459. The van der Waals surface area contributed by atoms with Crippen LogP contribution in [0.1, 0.15) is 38.2 Å². The fourth-order valence-electron chi connectivity index (χ4n) is 3.02.